The monoisotopic (exact) mass is 504 g/mol. The lowest BCUT2D eigenvalue weighted by atomic mass is 9.97. The molecule has 0 aliphatic carbocycles. The molecule has 2 saturated heterocycles. The maximum atomic E-state index is 11.7. The van der Waals surface area contributed by atoms with Crippen molar-refractivity contribution in [1.82, 2.24) is 0 Å². The summed E-state index contributed by atoms with van der Waals surface area (Å²) in [5.74, 6) is 0.402. The number of primary amides is 2. The average Bonchev–Trinajstić information content (AvgIpc) is 2.82. The van der Waals surface area contributed by atoms with Crippen molar-refractivity contribution in [2.45, 2.75) is 37.0 Å². The van der Waals surface area contributed by atoms with Gasteiger partial charge in [0.25, 0.3) is 0 Å². The van der Waals surface area contributed by atoms with E-state index in [-0.39, 0.29) is 19.8 Å². The quantitative estimate of drug-likeness (QED) is 0.311. The third-order valence-electron chi connectivity index (χ3n) is 4.96. The number of nitrogens with two attached hydrogens (primary N) is 2. The molecule has 2 aliphatic rings. The highest BCUT2D eigenvalue weighted by Gasteiger charge is 2.54. The van der Waals surface area contributed by atoms with Crippen molar-refractivity contribution >= 4 is 23.8 Å². The van der Waals surface area contributed by atoms with E-state index in [4.69, 9.17) is 61.0 Å². The Morgan fingerprint density at radius 3 is 2.24 bits per heavy atom. The molecule has 13 heteroatoms. The normalized spacial score (nSPS) is 28.6. The summed E-state index contributed by atoms with van der Waals surface area (Å²) in [5.41, 5.74) is 11.3. The van der Waals surface area contributed by atoms with Gasteiger partial charge in [0, 0.05) is 11.4 Å². The molecule has 1 aromatic rings. The number of rotatable bonds is 12. The highest BCUT2D eigenvalue weighted by molar-refractivity contribution is 6.17. The molecule has 1 unspecified atom stereocenters. The summed E-state index contributed by atoms with van der Waals surface area (Å²) in [7, 11) is 0. The van der Waals surface area contributed by atoms with E-state index in [1.54, 1.807) is 0 Å². The Morgan fingerprint density at radius 1 is 0.912 bits per heavy atom. The van der Waals surface area contributed by atoms with Crippen LogP contribution in [0.15, 0.2) is 30.3 Å². The van der Waals surface area contributed by atoms with Crippen LogP contribution in [0.3, 0.4) is 0 Å². The van der Waals surface area contributed by atoms with Gasteiger partial charge in [-0.05, 0) is 0 Å². The van der Waals surface area contributed by atoms with Crippen LogP contribution in [0.1, 0.15) is 11.9 Å². The number of halogens is 1. The number of hydrogen-bond acceptors (Lipinski definition) is 10. The predicted octanol–water partition coefficient (Wildman–Crippen LogP) is 1.04. The van der Waals surface area contributed by atoms with Gasteiger partial charge in [0.05, 0.1) is 39.6 Å². The minimum absolute atomic E-state index is 0.0772. The molecule has 2 heterocycles. The number of ether oxygens (including phenoxy) is 8. The first-order valence-electron chi connectivity index (χ1n) is 10.7. The second kappa shape index (κ2) is 13.6. The van der Waals surface area contributed by atoms with Crippen molar-refractivity contribution in [1.29, 1.82) is 0 Å². The van der Waals surface area contributed by atoms with Crippen LogP contribution >= 0.6 is 11.6 Å². The van der Waals surface area contributed by atoms with Crippen molar-refractivity contribution in [3.8, 4) is 0 Å². The number of fused-ring (bicyclic) bond motifs is 1. The highest BCUT2D eigenvalue weighted by atomic mass is 35.5. The van der Waals surface area contributed by atoms with E-state index in [2.05, 4.69) is 0 Å². The Hall–Kier alpha value is -2.19. The molecule has 12 nitrogen and oxygen atoms in total. The number of carbonyl (C=O) groups excluding carboxylic acids is 2. The zero-order chi connectivity index (χ0) is 24.3. The Kier molecular flexibility index (Phi) is 10.6. The minimum atomic E-state index is -1.24. The lowest BCUT2D eigenvalue weighted by Gasteiger charge is -2.47. The van der Waals surface area contributed by atoms with E-state index in [1.807, 2.05) is 30.3 Å². The summed E-state index contributed by atoms with van der Waals surface area (Å²) >= 11 is 5.53. The second-order valence-electron chi connectivity index (χ2n) is 7.31. The summed E-state index contributed by atoms with van der Waals surface area (Å²) in [6.45, 7) is 1.53. The van der Waals surface area contributed by atoms with Gasteiger partial charge in [0.2, 0.25) is 0 Å². The molecule has 0 spiro atoms. The van der Waals surface area contributed by atoms with E-state index in [1.165, 1.54) is 0 Å². The van der Waals surface area contributed by atoms with Crippen LogP contribution in [0.4, 0.5) is 9.59 Å². The Balaban J connectivity index is 1.65. The Morgan fingerprint density at radius 2 is 1.56 bits per heavy atom. The van der Waals surface area contributed by atoms with Crippen LogP contribution in [0.5, 0.6) is 0 Å². The van der Waals surface area contributed by atoms with Gasteiger partial charge in [-0.2, -0.15) is 0 Å². The fourth-order valence-corrected chi connectivity index (χ4v) is 3.70. The summed E-state index contributed by atoms with van der Waals surface area (Å²) in [6, 6.07) is 9.16. The molecule has 190 valence electrons. The molecular formula is C21H29ClN2O10. The first-order valence-corrected chi connectivity index (χ1v) is 11.3. The van der Waals surface area contributed by atoms with Crippen LogP contribution in [0.2, 0.25) is 0 Å². The summed E-state index contributed by atoms with van der Waals surface area (Å²) in [6.07, 6.45) is -8.08. The van der Waals surface area contributed by atoms with E-state index >= 15 is 0 Å². The molecule has 34 heavy (non-hydrogen) atoms. The topological polar surface area (TPSA) is 160 Å². The van der Waals surface area contributed by atoms with Gasteiger partial charge in [0.15, 0.2) is 24.8 Å². The van der Waals surface area contributed by atoms with Crippen molar-refractivity contribution in [3.63, 3.8) is 0 Å². The highest BCUT2D eigenvalue weighted by Crippen LogP contribution is 2.36. The standard InChI is InChI=1S/C21H29ClN2O10/c22-6-7-27-8-9-28-10-11-29-19-17(34-21(24)26)16(33-20(23)25)15-14(31-19)12-30-18(32-15)13-4-2-1-3-5-13/h1-5,14-19H,6-12H2,(H2,23,25)(H2,24,26)/t14-,15-,16+,17+,18?,19+/m1/s1. The number of alkyl halides is 1. The Labute approximate surface area is 201 Å². The number of amides is 2. The summed E-state index contributed by atoms with van der Waals surface area (Å²) in [4.78, 5) is 23.3. The molecule has 6 atom stereocenters. The lowest BCUT2D eigenvalue weighted by molar-refractivity contribution is -0.359. The molecule has 3 rings (SSSR count). The number of benzene rings is 1. The van der Waals surface area contributed by atoms with E-state index in [0.717, 1.165) is 5.56 Å². The van der Waals surface area contributed by atoms with Crippen molar-refractivity contribution in [3.05, 3.63) is 35.9 Å². The SMILES string of the molecule is NC(=O)O[C@@H]1[C@H](OC(N)=O)[C@@H](OCCOCCOCCCl)O[C@@H]2COC(c3ccccc3)O[C@@H]12. The molecule has 2 fully saturated rings. The largest absolute Gasteiger partial charge is 0.439 e. The molecule has 1 aromatic carbocycles. The second-order valence-corrected chi connectivity index (χ2v) is 7.69. The first-order chi connectivity index (χ1) is 16.5. The van der Waals surface area contributed by atoms with Crippen molar-refractivity contribution < 1.29 is 47.5 Å². The molecule has 0 bridgehead atoms. The van der Waals surface area contributed by atoms with E-state index in [9.17, 15) is 9.59 Å². The van der Waals surface area contributed by atoms with E-state index in [0.29, 0.717) is 25.7 Å². The average molecular weight is 505 g/mol. The van der Waals surface area contributed by atoms with Crippen LogP contribution in [0, 0.1) is 0 Å². The van der Waals surface area contributed by atoms with Gasteiger partial charge < -0.3 is 49.4 Å². The molecule has 2 aliphatic heterocycles. The maximum Gasteiger partial charge on any atom is 0.405 e. The lowest BCUT2D eigenvalue weighted by Crippen LogP contribution is -2.64. The number of carbonyl (C=O) groups is 2. The minimum Gasteiger partial charge on any atom is -0.439 e. The predicted molar refractivity (Wildman–Crippen MR) is 116 cm³/mol. The van der Waals surface area contributed by atoms with Gasteiger partial charge in [-0.3, -0.25) is 0 Å². The summed E-state index contributed by atoms with van der Waals surface area (Å²) < 4.78 is 44.5. The molecule has 0 radical (unpaired) electrons. The van der Waals surface area contributed by atoms with Crippen LogP contribution in [-0.4, -0.2) is 88.4 Å². The van der Waals surface area contributed by atoms with E-state index < -0.39 is 49.2 Å². The smallest absolute Gasteiger partial charge is 0.405 e. The Bertz CT molecular complexity index is 773. The van der Waals surface area contributed by atoms with Crippen LogP contribution < -0.4 is 11.5 Å². The van der Waals surface area contributed by atoms with Gasteiger partial charge in [-0.25, -0.2) is 9.59 Å². The maximum absolute atomic E-state index is 11.7. The van der Waals surface area contributed by atoms with Crippen LogP contribution in [-0.2, 0) is 37.9 Å². The molecule has 0 aromatic heterocycles. The fraction of sp³-hybridized carbons (Fsp3) is 0.619. The molecule has 4 N–H and O–H groups in total. The van der Waals surface area contributed by atoms with Crippen LogP contribution in [0.25, 0.3) is 0 Å². The van der Waals surface area contributed by atoms with Gasteiger partial charge in [-0.15, -0.1) is 11.6 Å². The number of hydrogen-bond donors (Lipinski definition) is 2. The zero-order valence-corrected chi connectivity index (χ0v) is 19.2. The third kappa shape index (κ3) is 7.67. The van der Waals surface area contributed by atoms with Gasteiger partial charge in [-0.1, -0.05) is 30.3 Å². The van der Waals surface area contributed by atoms with Gasteiger partial charge >= 0.3 is 12.2 Å². The molecular weight excluding hydrogens is 476 g/mol. The first kappa shape index (κ1) is 26.4. The zero-order valence-electron chi connectivity index (χ0n) is 18.4. The molecule has 2 amide bonds. The van der Waals surface area contributed by atoms with Crippen molar-refractivity contribution in [2.75, 3.05) is 45.5 Å². The van der Waals surface area contributed by atoms with Crippen molar-refractivity contribution in [2.24, 2.45) is 11.5 Å². The molecule has 0 saturated carbocycles. The third-order valence-corrected chi connectivity index (χ3v) is 5.12. The summed E-state index contributed by atoms with van der Waals surface area (Å²) in [5, 5.41) is 0. The van der Waals surface area contributed by atoms with Gasteiger partial charge in [0.1, 0.15) is 12.2 Å². The fourth-order valence-electron chi connectivity index (χ4n) is 3.59.